The van der Waals surface area contributed by atoms with E-state index >= 15 is 0 Å². The fourth-order valence-electron chi connectivity index (χ4n) is 2.34. The molecular formula is C15H19BrN2O. The molecule has 19 heavy (non-hydrogen) atoms. The Hall–Kier alpha value is -1.13. The number of aliphatic hydroxyl groups excluding tert-OH is 1. The summed E-state index contributed by atoms with van der Waals surface area (Å²) in [5.41, 5.74) is 4.02. The van der Waals surface area contributed by atoms with E-state index in [-0.39, 0.29) is 6.04 Å². The molecule has 0 saturated heterocycles. The summed E-state index contributed by atoms with van der Waals surface area (Å²) in [5, 5.41) is 15.0. The van der Waals surface area contributed by atoms with E-state index in [1.165, 1.54) is 0 Å². The van der Waals surface area contributed by atoms with Crippen molar-refractivity contribution in [1.82, 2.24) is 9.78 Å². The van der Waals surface area contributed by atoms with E-state index < -0.39 is 6.10 Å². The number of aryl methyl sites for hydroxylation is 2. The highest BCUT2D eigenvalue weighted by Crippen LogP contribution is 2.31. The van der Waals surface area contributed by atoms with Crippen molar-refractivity contribution in [1.29, 1.82) is 0 Å². The molecule has 1 heterocycles. The van der Waals surface area contributed by atoms with Crippen molar-refractivity contribution >= 4 is 15.9 Å². The molecule has 4 heteroatoms. The number of hydrogen-bond donors (Lipinski definition) is 1. The molecule has 0 saturated carbocycles. The maximum absolute atomic E-state index is 10.6. The summed E-state index contributed by atoms with van der Waals surface area (Å²) in [6, 6.07) is 6.34. The van der Waals surface area contributed by atoms with Crippen LogP contribution >= 0.6 is 15.9 Å². The normalized spacial score (nSPS) is 13.0. The number of nitrogens with zero attached hydrogens (tertiary/aromatic N) is 2. The lowest BCUT2D eigenvalue weighted by Crippen LogP contribution is -2.13. The molecule has 1 aromatic carbocycles. The molecule has 0 aliphatic carbocycles. The van der Waals surface area contributed by atoms with Gasteiger partial charge in [0.25, 0.3) is 0 Å². The Kier molecular flexibility index (Phi) is 4.11. The summed E-state index contributed by atoms with van der Waals surface area (Å²) >= 11 is 3.48. The molecule has 0 aliphatic rings. The first kappa shape index (κ1) is 14.3. The smallest absolute Gasteiger partial charge is 0.122 e. The van der Waals surface area contributed by atoms with Gasteiger partial charge in [0.05, 0.1) is 16.4 Å². The van der Waals surface area contributed by atoms with Crippen LogP contribution < -0.4 is 0 Å². The number of benzene rings is 1. The zero-order chi connectivity index (χ0) is 14.2. The van der Waals surface area contributed by atoms with Crippen molar-refractivity contribution in [2.45, 2.75) is 39.8 Å². The van der Waals surface area contributed by atoms with E-state index in [2.05, 4.69) is 40.9 Å². The van der Waals surface area contributed by atoms with Gasteiger partial charge in [-0.2, -0.15) is 5.10 Å². The third-order valence-electron chi connectivity index (χ3n) is 3.09. The van der Waals surface area contributed by atoms with E-state index in [1.54, 1.807) is 6.20 Å². The van der Waals surface area contributed by atoms with Crippen LogP contribution in [0, 0.1) is 13.8 Å². The Morgan fingerprint density at radius 3 is 2.26 bits per heavy atom. The van der Waals surface area contributed by atoms with Gasteiger partial charge in [0.15, 0.2) is 0 Å². The van der Waals surface area contributed by atoms with Crippen LogP contribution in [0.1, 0.15) is 48.4 Å². The second-order valence-electron chi connectivity index (χ2n) is 5.24. The van der Waals surface area contributed by atoms with Gasteiger partial charge < -0.3 is 5.11 Å². The van der Waals surface area contributed by atoms with Gasteiger partial charge in [-0.15, -0.1) is 0 Å². The molecule has 1 atom stereocenters. The quantitative estimate of drug-likeness (QED) is 0.929. The van der Waals surface area contributed by atoms with Gasteiger partial charge in [-0.25, -0.2) is 0 Å². The summed E-state index contributed by atoms with van der Waals surface area (Å²) < 4.78 is 2.69. The van der Waals surface area contributed by atoms with E-state index in [9.17, 15) is 5.11 Å². The van der Waals surface area contributed by atoms with E-state index in [0.29, 0.717) is 0 Å². The van der Waals surface area contributed by atoms with Gasteiger partial charge in [-0.05, 0) is 49.2 Å². The van der Waals surface area contributed by atoms with Gasteiger partial charge >= 0.3 is 0 Å². The molecule has 0 spiro atoms. The molecule has 0 amide bonds. The first-order valence-corrected chi connectivity index (χ1v) is 7.18. The van der Waals surface area contributed by atoms with Crippen molar-refractivity contribution < 1.29 is 5.11 Å². The van der Waals surface area contributed by atoms with Crippen molar-refractivity contribution in [2.24, 2.45) is 0 Å². The van der Waals surface area contributed by atoms with Crippen LogP contribution in [0.15, 0.2) is 28.9 Å². The number of aromatic nitrogens is 2. The molecular weight excluding hydrogens is 304 g/mol. The molecule has 0 bridgehead atoms. The molecule has 3 nitrogen and oxygen atoms in total. The first-order valence-electron chi connectivity index (χ1n) is 6.39. The number of hydrogen-bond acceptors (Lipinski definition) is 2. The summed E-state index contributed by atoms with van der Waals surface area (Å²) in [7, 11) is 0. The largest absolute Gasteiger partial charge is 0.382 e. The second kappa shape index (κ2) is 5.47. The van der Waals surface area contributed by atoms with Crippen LogP contribution in [-0.4, -0.2) is 14.9 Å². The molecule has 102 valence electrons. The van der Waals surface area contributed by atoms with Gasteiger partial charge in [-0.1, -0.05) is 29.3 Å². The maximum Gasteiger partial charge on any atom is 0.122 e. The lowest BCUT2D eigenvalue weighted by atomic mass is 10.0. The summed E-state index contributed by atoms with van der Waals surface area (Å²) in [6.45, 7) is 8.18. The minimum atomic E-state index is -0.669. The lowest BCUT2D eigenvalue weighted by molar-refractivity contribution is 0.204. The molecule has 0 aliphatic heterocycles. The van der Waals surface area contributed by atoms with Crippen LogP contribution in [0.25, 0.3) is 0 Å². The number of rotatable bonds is 3. The van der Waals surface area contributed by atoms with Crippen LogP contribution in [0.4, 0.5) is 0 Å². The van der Waals surface area contributed by atoms with Crippen molar-refractivity contribution in [3.05, 3.63) is 51.3 Å². The Bertz CT molecular complexity index is 570. The molecule has 1 aromatic heterocycles. The highest BCUT2D eigenvalue weighted by molar-refractivity contribution is 9.10. The number of aliphatic hydroxyl groups is 1. The summed E-state index contributed by atoms with van der Waals surface area (Å²) in [4.78, 5) is 0. The number of halogens is 1. The predicted octanol–water partition coefficient (Wildman–Crippen LogP) is 3.93. The summed E-state index contributed by atoms with van der Waals surface area (Å²) in [5.74, 6) is 0. The third-order valence-corrected chi connectivity index (χ3v) is 3.71. The van der Waals surface area contributed by atoms with Crippen LogP contribution in [0.2, 0.25) is 0 Å². The fraction of sp³-hybridized carbons (Fsp3) is 0.400. The molecule has 2 aromatic rings. The van der Waals surface area contributed by atoms with Crippen molar-refractivity contribution in [3.8, 4) is 0 Å². The molecule has 0 fully saturated rings. The Balaban J connectivity index is 2.49. The highest BCUT2D eigenvalue weighted by atomic mass is 79.9. The average Bonchev–Trinajstić information content (AvgIpc) is 2.69. The molecule has 1 unspecified atom stereocenters. The zero-order valence-corrected chi connectivity index (χ0v) is 13.3. The average molecular weight is 323 g/mol. The Morgan fingerprint density at radius 2 is 1.74 bits per heavy atom. The van der Waals surface area contributed by atoms with Gasteiger partial charge in [0, 0.05) is 6.04 Å². The SMILES string of the molecule is Cc1cc(C)cc(C(O)c2c(Br)cnn2C(C)C)c1. The van der Waals surface area contributed by atoms with Crippen molar-refractivity contribution in [3.63, 3.8) is 0 Å². The minimum absolute atomic E-state index is 0.210. The third kappa shape index (κ3) is 2.90. The molecule has 1 N–H and O–H groups in total. The van der Waals surface area contributed by atoms with E-state index in [0.717, 1.165) is 26.9 Å². The Morgan fingerprint density at radius 1 is 1.16 bits per heavy atom. The minimum Gasteiger partial charge on any atom is -0.382 e. The lowest BCUT2D eigenvalue weighted by Gasteiger charge is -2.18. The monoisotopic (exact) mass is 322 g/mol. The molecule has 0 radical (unpaired) electrons. The second-order valence-corrected chi connectivity index (χ2v) is 6.09. The van der Waals surface area contributed by atoms with E-state index in [1.807, 2.05) is 30.7 Å². The predicted molar refractivity (Wildman–Crippen MR) is 80.3 cm³/mol. The first-order chi connectivity index (χ1) is 8.90. The van der Waals surface area contributed by atoms with E-state index in [4.69, 9.17) is 0 Å². The highest BCUT2D eigenvalue weighted by Gasteiger charge is 2.21. The van der Waals surface area contributed by atoms with Gasteiger partial charge in [0.1, 0.15) is 6.10 Å². The van der Waals surface area contributed by atoms with Crippen LogP contribution in [-0.2, 0) is 0 Å². The standard InChI is InChI=1S/C15H19BrN2O/c1-9(2)18-14(13(16)8-17-18)15(19)12-6-10(3)5-11(4)7-12/h5-9,15,19H,1-4H3. The van der Waals surface area contributed by atoms with Gasteiger partial charge in [0.2, 0.25) is 0 Å². The fourth-order valence-corrected chi connectivity index (χ4v) is 2.83. The molecule has 2 rings (SSSR count). The van der Waals surface area contributed by atoms with Crippen molar-refractivity contribution in [2.75, 3.05) is 0 Å². The maximum atomic E-state index is 10.6. The van der Waals surface area contributed by atoms with Gasteiger partial charge in [-0.3, -0.25) is 4.68 Å². The summed E-state index contributed by atoms with van der Waals surface area (Å²) in [6.07, 6.45) is 1.07. The topological polar surface area (TPSA) is 38.1 Å². The van der Waals surface area contributed by atoms with Crippen LogP contribution in [0.5, 0.6) is 0 Å². The van der Waals surface area contributed by atoms with Crippen LogP contribution in [0.3, 0.4) is 0 Å². The zero-order valence-electron chi connectivity index (χ0n) is 11.7. The Labute approximate surface area is 122 Å².